The van der Waals surface area contributed by atoms with Gasteiger partial charge in [0.1, 0.15) is 21.5 Å². The van der Waals surface area contributed by atoms with Gasteiger partial charge in [0, 0.05) is 23.4 Å². The van der Waals surface area contributed by atoms with E-state index in [0.29, 0.717) is 18.6 Å². The number of nitrogens with zero attached hydrogens (tertiary/aromatic N) is 1. The topological polar surface area (TPSA) is 134 Å². The van der Waals surface area contributed by atoms with Crippen LogP contribution in [0.5, 0.6) is 11.5 Å². The summed E-state index contributed by atoms with van der Waals surface area (Å²) >= 11 is 0. The molecule has 0 bridgehead atoms. The van der Waals surface area contributed by atoms with Gasteiger partial charge in [-0.2, -0.15) is 8.78 Å². The second kappa shape index (κ2) is 13.1. The molecule has 0 radical (unpaired) electrons. The minimum Gasteiger partial charge on any atom is -0.489 e. The largest absolute Gasteiger partial charge is 0.489 e. The Bertz CT molecular complexity index is 1500. The smallest absolute Gasteiger partial charge is 0.387 e. The maximum Gasteiger partial charge on any atom is 0.387 e. The zero-order chi connectivity index (χ0) is 29.2. The first-order valence-corrected chi connectivity index (χ1v) is 14.3. The van der Waals surface area contributed by atoms with Gasteiger partial charge in [0.2, 0.25) is 5.89 Å². The van der Waals surface area contributed by atoms with E-state index in [2.05, 4.69) is 15.0 Å². The lowest BCUT2D eigenvalue weighted by Crippen LogP contribution is -2.34. The van der Waals surface area contributed by atoms with Gasteiger partial charge < -0.3 is 24.9 Å². The first-order valence-electron chi connectivity index (χ1n) is 12.2. The molecular formula is C26H28ClF4N3O6S. The molecular weight excluding hydrogens is 594 g/mol. The Labute approximate surface area is 239 Å². The van der Waals surface area contributed by atoms with Crippen molar-refractivity contribution in [1.82, 2.24) is 10.3 Å². The average Bonchev–Trinajstić information content (AvgIpc) is 3.56. The van der Waals surface area contributed by atoms with Gasteiger partial charge in [-0.15, -0.1) is 12.4 Å². The van der Waals surface area contributed by atoms with Gasteiger partial charge in [0.25, 0.3) is 5.91 Å². The van der Waals surface area contributed by atoms with Crippen molar-refractivity contribution in [1.29, 1.82) is 0 Å². The highest BCUT2D eigenvalue weighted by Gasteiger charge is 2.29. The number of hydrogen-bond donors (Lipinski definition) is 2. The van der Waals surface area contributed by atoms with Gasteiger partial charge in [0.15, 0.2) is 23.0 Å². The lowest BCUT2D eigenvalue weighted by Gasteiger charge is -2.19. The average molecular weight is 622 g/mol. The number of sulfone groups is 1. The van der Waals surface area contributed by atoms with Crippen LogP contribution in [0, 0.1) is 17.6 Å². The Kier molecular flexibility index (Phi) is 10.3. The molecule has 3 aromatic rings. The molecule has 4 rings (SSSR count). The van der Waals surface area contributed by atoms with E-state index in [-0.39, 0.29) is 52.4 Å². The maximum absolute atomic E-state index is 14.5. The molecule has 0 spiro atoms. The molecule has 0 aliphatic heterocycles. The molecule has 1 aromatic heterocycles. The summed E-state index contributed by atoms with van der Waals surface area (Å²) in [6.45, 7) is -1.27. The summed E-state index contributed by atoms with van der Waals surface area (Å²) in [5.74, 6) is -3.57. The van der Waals surface area contributed by atoms with E-state index in [9.17, 15) is 30.8 Å². The van der Waals surface area contributed by atoms with E-state index in [1.807, 2.05) is 0 Å². The standard InChI is InChI=1S/C26H27F4N3O6S.ClH/c1-13(31)23-22(24(34)32-19(12-40(2,35)36)17-7-6-16(27)10-18(17)28)33-25(39-23)15-5-8-20(38-26(29)30)21(9-15)37-11-14-3-4-14;/h5-10,13-14,19,26H,3-4,11-12,31H2,1-2H3,(H,32,34);1H/t13-,19?;/m0./s1. The van der Waals surface area contributed by atoms with Crippen LogP contribution in [0.1, 0.15) is 53.7 Å². The summed E-state index contributed by atoms with van der Waals surface area (Å²) in [5.41, 5.74) is 5.68. The zero-order valence-electron chi connectivity index (χ0n) is 21.9. The molecule has 9 nitrogen and oxygen atoms in total. The highest BCUT2D eigenvalue weighted by Crippen LogP contribution is 2.37. The fraction of sp³-hybridized carbons (Fsp3) is 0.385. The molecule has 1 saturated carbocycles. The second-order valence-corrected chi connectivity index (χ2v) is 11.8. The van der Waals surface area contributed by atoms with Crippen LogP contribution in [0.4, 0.5) is 17.6 Å². The Morgan fingerprint density at radius 3 is 2.46 bits per heavy atom. The van der Waals surface area contributed by atoms with Crippen molar-refractivity contribution >= 4 is 28.2 Å². The highest BCUT2D eigenvalue weighted by atomic mass is 35.5. The van der Waals surface area contributed by atoms with Crippen molar-refractivity contribution < 1.29 is 44.7 Å². The molecule has 1 aliphatic rings. The SMILES string of the molecule is C[C@H](N)c1oc(-c2ccc(OC(F)F)c(OCC3CC3)c2)nc1C(=O)NC(CS(C)(=O)=O)c1ccc(F)cc1F.Cl. The number of ether oxygens (including phenoxy) is 2. The maximum atomic E-state index is 14.5. The summed E-state index contributed by atoms with van der Waals surface area (Å²) < 4.78 is 93.8. The molecule has 3 N–H and O–H groups in total. The van der Waals surface area contributed by atoms with E-state index in [0.717, 1.165) is 31.2 Å². The summed E-state index contributed by atoms with van der Waals surface area (Å²) in [5, 5.41) is 2.42. The molecule has 1 unspecified atom stereocenters. The van der Waals surface area contributed by atoms with Crippen LogP contribution in [-0.4, -0.2) is 44.5 Å². The minimum absolute atomic E-state index is 0. The van der Waals surface area contributed by atoms with Crippen molar-refractivity contribution in [3.05, 3.63) is 65.1 Å². The Balaban J connectivity index is 0.00000462. The summed E-state index contributed by atoms with van der Waals surface area (Å²) in [6.07, 6.45) is 2.82. The van der Waals surface area contributed by atoms with Crippen LogP contribution in [0.3, 0.4) is 0 Å². The lowest BCUT2D eigenvalue weighted by atomic mass is 10.1. The Hall–Kier alpha value is -3.36. The van der Waals surface area contributed by atoms with E-state index >= 15 is 0 Å². The fourth-order valence-corrected chi connectivity index (χ4v) is 4.76. The number of nitrogens with one attached hydrogen (secondary N) is 1. The van der Waals surface area contributed by atoms with Crippen molar-refractivity contribution in [3.63, 3.8) is 0 Å². The number of benzene rings is 2. The molecule has 0 saturated heterocycles. The van der Waals surface area contributed by atoms with Crippen LogP contribution >= 0.6 is 12.4 Å². The van der Waals surface area contributed by atoms with E-state index in [1.54, 1.807) is 0 Å². The van der Waals surface area contributed by atoms with Crippen LogP contribution < -0.4 is 20.5 Å². The number of aromatic nitrogens is 1. The molecule has 1 aliphatic carbocycles. The van der Waals surface area contributed by atoms with Crippen LogP contribution in [-0.2, 0) is 9.84 Å². The monoisotopic (exact) mass is 621 g/mol. The second-order valence-electron chi connectivity index (χ2n) is 9.60. The number of carbonyl (C=O) groups excluding carboxylic acids is 1. The molecule has 2 atom stereocenters. The van der Waals surface area contributed by atoms with Gasteiger partial charge in [-0.3, -0.25) is 4.79 Å². The van der Waals surface area contributed by atoms with Gasteiger partial charge in [0.05, 0.1) is 24.4 Å². The highest BCUT2D eigenvalue weighted by molar-refractivity contribution is 7.90. The number of alkyl halides is 2. The zero-order valence-corrected chi connectivity index (χ0v) is 23.5. The predicted octanol–water partition coefficient (Wildman–Crippen LogP) is 4.97. The Morgan fingerprint density at radius 2 is 1.88 bits per heavy atom. The third-order valence-electron chi connectivity index (χ3n) is 5.97. The third kappa shape index (κ3) is 8.57. The van der Waals surface area contributed by atoms with Crippen LogP contribution in [0.2, 0.25) is 0 Å². The van der Waals surface area contributed by atoms with Gasteiger partial charge in [-0.25, -0.2) is 22.2 Å². The predicted molar refractivity (Wildman–Crippen MR) is 143 cm³/mol. The molecule has 1 amide bonds. The molecule has 15 heteroatoms. The first-order chi connectivity index (χ1) is 18.8. The number of carbonyl (C=O) groups is 1. The first kappa shape index (κ1) is 32.2. The molecule has 2 aromatic carbocycles. The van der Waals surface area contributed by atoms with Gasteiger partial charge in [-0.1, -0.05) is 6.07 Å². The van der Waals surface area contributed by atoms with E-state index < -0.39 is 51.8 Å². The number of nitrogens with two attached hydrogens (primary N) is 1. The Morgan fingerprint density at radius 1 is 1.17 bits per heavy atom. The number of halogens is 5. The minimum atomic E-state index is -3.74. The molecule has 224 valence electrons. The fourth-order valence-electron chi connectivity index (χ4n) is 3.89. The van der Waals surface area contributed by atoms with Crippen LogP contribution in [0.15, 0.2) is 40.8 Å². The number of hydrogen-bond acceptors (Lipinski definition) is 8. The molecule has 41 heavy (non-hydrogen) atoms. The number of amides is 1. The number of rotatable bonds is 12. The van der Waals surface area contributed by atoms with E-state index in [1.165, 1.54) is 25.1 Å². The normalized spacial score (nSPS) is 14.7. The van der Waals surface area contributed by atoms with Crippen molar-refractivity contribution in [2.75, 3.05) is 18.6 Å². The van der Waals surface area contributed by atoms with E-state index in [4.69, 9.17) is 14.9 Å². The summed E-state index contributed by atoms with van der Waals surface area (Å²) in [6, 6.07) is 4.29. The van der Waals surface area contributed by atoms with Crippen LogP contribution in [0.25, 0.3) is 11.5 Å². The molecule has 1 heterocycles. The van der Waals surface area contributed by atoms with Crippen molar-refractivity contribution in [2.24, 2.45) is 11.7 Å². The third-order valence-corrected chi connectivity index (χ3v) is 6.91. The summed E-state index contributed by atoms with van der Waals surface area (Å²) in [4.78, 5) is 17.5. The van der Waals surface area contributed by atoms with Gasteiger partial charge >= 0.3 is 6.61 Å². The quantitative estimate of drug-likeness (QED) is 0.271. The summed E-state index contributed by atoms with van der Waals surface area (Å²) in [7, 11) is -3.74. The lowest BCUT2D eigenvalue weighted by molar-refractivity contribution is -0.0515. The molecule has 1 fully saturated rings. The van der Waals surface area contributed by atoms with Gasteiger partial charge in [-0.05, 0) is 49.9 Å². The van der Waals surface area contributed by atoms with Crippen molar-refractivity contribution in [3.8, 4) is 23.0 Å². The van der Waals surface area contributed by atoms with Crippen molar-refractivity contribution in [2.45, 2.75) is 38.5 Å². The number of oxazole rings is 1.